The maximum absolute atomic E-state index is 11.7. The van der Waals surface area contributed by atoms with E-state index in [-0.39, 0.29) is 5.56 Å². The number of hydrogen-bond acceptors (Lipinski definition) is 3. The Kier molecular flexibility index (Phi) is 1.89. The van der Waals surface area contributed by atoms with Crippen molar-refractivity contribution in [2.24, 2.45) is 0 Å². The molecule has 3 rings (SSSR count). The van der Waals surface area contributed by atoms with Crippen molar-refractivity contribution in [1.29, 1.82) is 0 Å². The highest BCUT2D eigenvalue weighted by Gasteiger charge is 2.26. The van der Waals surface area contributed by atoms with Gasteiger partial charge in [0.15, 0.2) is 6.29 Å². The van der Waals surface area contributed by atoms with Gasteiger partial charge >= 0.3 is 0 Å². The Balaban J connectivity index is 2.25. The molecule has 1 saturated carbocycles. The molecule has 0 saturated heterocycles. The molecule has 0 spiro atoms. The first-order valence-electron chi connectivity index (χ1n) is 5.26. The van der Waals surface area contributed by atoms with E-state index in [0.717, 1.165) is 30.2 Å². The molecule has 0 bridgehead atoms. The lowest BCUT2D eigenvalue weighted by Gasteiger charge is -2.01. The second-order valence-electron chi connectivity index (χ2n) is 4.15. The smallest absolute Gasteiger partial charge is 0.252 e. The highest BCUT2D eigenvalue weighted by Crippen LogP contribution is 2.38. The monoisotopic (exact) mass is 214 g/mol. The number of pyridine rings is 2. The number of H-pyrrole nitrogens is 1. The van der Waals surface area contributed by atoms with Crippen LogP contribution in [0.4, 0.5) is 0 Å². The third-order valence-corrected chi connectivity index (χ3v) is 2.90. The van der Waals surface area contributed by atoms with Gasteiger partial charge in [-0.2, -0.15) is 0 Å². The molecule has 0 radical (unpaired) electrons. The van der Waals surface area contributed by atoms with Crippen LogP contribution in [0.1, 0.15) is 34.7 Å². The molecule has 4 heteroatoms. The second kappa shape index (κ2) is 3.27. The predicted octanol–water partition coefficient (Wildman–Crippen LogP) is 1.61. The summed E-state index contributed by atoms with van der Waals surface area (Å²) >= 11 is 0. The molecule has 4 nitrogen and oxygen atoms in total. The zero-order valence-corrected chi connectivity index (χ0v) is 8.56. The van der Waals surface area contributed by atoms with Crippen LogP contribution in [0.25, 0.3) is 11.0 Å². The molecule has 1 aliphatic rings. The maximum atomic E-state index is 11.7. The fourth-order valence-electron chi connectivity index (χ4n) is 1.88. The van der Waals surface area contributed by atoms with Crippen molar-refractivity contribution >= 4 is 17.3 Å². The summed E-state index contributed by atoms with van der Waals surface area (Å²) in [4.78, 5) is 29.3. The Bertz CT molecular complexity index is 626. The number of hydrogen-bond donors (Lipinski definition) is 1. The topological polar surface area (TPSA) is 62.8 Å². The number of aromatic amines is 1. The molecule has 0 atom stereocenters. The van der Waals surface area contributed by atoms with Gasteiger partial charge in [-0.1, -0.05) is 0 Å². The molecule has 2 aromatic heterocycles. The summed E-state index contributed by atoms with van der Waals surface area (Å²) in [6, 6.07) is 3.48. The van der Waals surface area contributed by atoms with Crippen molar-refractivity contribution in [3.8, 4) is 0 Å². The summed E-state index contributed by atoms with van der Waals surface area (Å²) in [7, 11) is 0. The molecule has 2 heterocycles. The van der Waals surface area contributed by atoms with Gasteiger partial charge in [0.05, 0.1) is 11.0 Å². The van der Waals surface area contributed by atoms with E-state index in [1.54, 1.807) is 6.07 Å². The maximum Gasteiger partial charge on any atom is 0.252 e. The average molecular weight is 214 g/mol. The normalized spacial score (nSPS) is 15.2. The Morgan fingerprint density at radius 2 is 2.19 bits per heavy atom. The highest BCUT2D eigenvalue weighted by atomic mass is 16.1. The summed E-state index contributed by atoms with van der Waals surface area (Å²) < 4.78 is 0. The molecule has 0 unspecified atom stereocenters. The van der Waals surface area contributed by atoms with Gasteiger partial charge in [0.25, 0.3) is 5.56 Å². The number of nitrogens with one attached hydrogen (secondary N) is 1. The van der Waals surface area contributed by atoms with Crippen LogP contribution in [0, 0.1) is 0 Å². The van der Waals surface area contributed by atoms with Crippen molar-refractivity contribution in [3.05, 3.63) is 39.8 Å². The van der Waals surface area contributed by atoms with E-state index in [1.807, 2.05) is 6.07 Å². The van der Waals surface area contributed by atoms with Gasteiger partial charge in [-0.05, 0) is 30.9 Å². The third kappa shape index (κ3) is 1.43. The molecular weight excluding hydrogens is 204 g/mol. The first kappa shape index (κ1) is 9.27. The van der Waals surface area contributed by atoms with Crippen molar-refractivity contribution in [3.63, 3.8) is 0 Å². The largest absolute Gasteiger partial charge is 0.320 e. The summed E-state index contributed by atoms with van der Waals surface area (Å²) in [5, 5.41) is 0. The van der Waals surface area contributed by atoms with Gasteiger partial charge in [-0.3, -0.25) is 14.6 Å². The number of nitrogens with zero attached hydrogens (tertiary/aromatic N) is 1. The zero-order chi connectivity index (χ0) is 11.1. The molecule has 80 valence electrons. The fourth-order valence-corrected chi connectivity index (χ4v) is 1.88. The average Bonchev–Trinajstić information content (AvgIpc) is 3.11. The van der Waals surface area contributed by atoms with Crippen LogP contribution in [0.5, 0.6) is 0 Å². The van der Waals surface area contributed by atoms with Crippen molar-refractivity contribution in [1.82, 2.24) is 9.97 Å². The highest BCUT2D eigenvalue weighted by molar-refractivity contribution is 5.83. The molecule has 1 N–H and O–H groups in total. The Labute approximate surface area is 91.3 Å². The van der Waals surface area contributed by atoms with Crippen LogP contribution in [0.15, 0.2) is 23.1 Å². The van der Waals surface area contributed by atoms with E-state index < -0.39 is 0 Å². The van der Waals surface area contributed by atoms with E-state index in [2.05, 4.69) is 9.97 Å². The van der Waals surface area contributed by atoms with Crippen LogP contribution in [-0.2, 0) is 0 Å². The van der Waals surface area contributed by atoms with Crippen LogP contribution >= 0.6 is 0 Å². The van der Waals surface area contributed by atoms with E-state index in [9.17, 15) is 9.59 Å². The zero-order valence-electron chi connectivity index (χ0n) is 8.56. The molecular formula is C12H10N2O2. The second-order valence-corrected chi connectivity index (χ2v) is 4.15. The molecule has 0 aliphatic heterocycles. The summed E-state index contributed by atoms with van der Waals surface area (Å²) in [6.07, 6.45) is 4.41. The van der Waals surface area contributed by atoms with Gasteiger partial charge < -0.3 is 4.98 Å². The van der Waals surface area contributed by atoms with E-state index in [0.29, 0.717) is 17.0 Å². The van der Waals surface area contributed by atoms with Gasteiger partial charge in [0, 0.05) is 17.3 Å². The quantitative estimate of drug-likeness (QED) is 0.772. The van der Waals surface area contributed by atoms with Crippen LogP contribution < -0.4 is 5.56 Å². The number of carbonyl (C=O) groups is 1. The third-order valence-electron chi connectivity index (χ3n) is 2.90. The minimum Gasteiger partial charge on any atom is -0.320 e. The number of aromatic nitrogens is 2. The summed E-state index contributed by atoms with van der Waals surface area (Å²) in [5.41, 5.74) is 2.60. The summed E-state index contributed by atoms with van der Waals surface area (Å²) in [6.45, 7) is 0. The lowest BCUT2D eigenvalue weighted by Crippen LogP contribution is -2.11. The van der Waals surface area contributed by atoms with Crippen LogP contribution in [0.2, 0.25) is 0 Å². The lowest BCUT2D eigenvalue weighted by molar-refractivity contribution is 0.112. The molecule has 16 heavy (non-hydrogen) atoms. The fraction of sp³-hybridized carbons (Fsp3) is 0.250. The Morgan fingerprint density at radius 1 is 1.38 bits per heavy atom. The predicted molar refractivity (Wildman–Crippen MR) is 59.7 cm³/mol. The first-order valence-corrected chi connectivity index (χ1v) is 5.26. The number of rotatable bonds is 2. The van der Waals surface area contributed by atoms with Crippen LogP contribution in [-0.4, -0.2) is 16.3 Å². The van der Waals surface area contributed by atoms with Crippen molar-refractivity contribution in [2.45, 2.75) is 18.8 Å². The Hall–Kier alpha value is -1.97. The van der Waals surface area contributed by atoms with Crippen LogP contribution in [0.3, 0.4) is 0 Å². The number of carbonyl (C=O) groups excluding carboxylic acids is 1. The van der Waals surface area contributed by atoms with Gasteiger partial charge in [0.2, 0.25) is 0 Å². The van der Waals surface area contributed by atoms with Gasteiger partial charge in [-0.25, -0.2) is 0 Å². The van der Waals surface area contributed by atoms with E-state index in [4.69, 9.17) is 0 Å². The summed E-state index contributed by atoms with van der Waals surface area (Å²) in [5.74, 6) is 0.403. The number of aldehydes is 1. The standard InChI is InChI=1S/C12H10N2O2/c15-6-7-3-11-10(13-5-7)4-9(8-1-2-8)12(16)14-11/h3-6,8H,1-2H2,(H,14,16). The van der Waals surface area contributed by atoms with Crippen molar-refractivity contribution < 1.29 is 4.79 Å². The molecule has 0 amide bonds. The minimum atomic E-state index is -0.0557. The minimum absolute atomic E-state index is 0.0557. The molecule has 1 aliphatic carbocycles. The van der Waals surface area contributed by atoms with Gasteiger partial charge in [-0.15, -0.1) is 0 Å². The van der Waals surface area contributed by atoms with Crippen molar-refractivity contribution in [2.75, 3.05) is 0 Å². The van der Waals surface area contributed by atoms with Gasteiger partial charge in [0.1, 0.15) is 0 Å². The molecule has 1 fully saturated rings. The number of fused-ring (bicyclic) bond motifs is 1. The first-order chi connectivity index (χ1) is 7.78. The van der Waals surface area contributed by atoms with E-state index in [1.165, 1.54) is 6.20 Å². The van der Waals surface area contributed by atoms with E-state index >= 15 is 0 Å². The molecule has 0 aromatic carbocycles. The molecule has 2 aromatic rings. The lowest BCUT2D eigenvalue weighted by atomic mass is 10.1. The Morgan fingerprint density at radius 3 is 2.88 bits per heavy atom. The SMILES string of the molecule is O=Cc1cnc2cc(C3CC3)c(=O)[nH]c2c1.